The van der Waals surface area contributed by atoms with Crippen LogP contribution in [-0.4, -0.2) is 60.9 Å². The van der Waals surface area contributed by atoms with E-state index in [2.05, 4.69) is 51.4 Å². The van der Waals surface area contributed by atoms with E-state index < -0.39 is 0 Å². The average molecular weight is 456 g/mol. The maximum absolute atomic E-state index is 12.4. The molecule has 4 rings (SSSR count). The van der Waals surface area contributed by atoms with Crippen LogP contribution in [0, 0.1) is 6.92 Å². The normalized spacial score (nSPS) is 21.3. The molecule has 2 aromatic rings. The number of hydrogen-bond donors (Lipinski definition) is 2. The minimum absolute atomic E-state index is 0.196. The Kier molecular flexibility index (Phi) is 7.42. The van der Waals surface area contributed by atoms with Crippen molar-refractivity contribution >= 4 is 35.0 Å². The number of urea groups is 1. The first-order valence-electron chi connectivity index (χ1n) is 11.3. The Balaban J connectivity index is 1.28. The molecule has 0 radical (unpaired) electrons. The number of carbonyl (C=O) groups excluding carboxylic acids is 1. The molecule has 32 heavy (non-hydrogen) atoms. The molecule has 1 aromatic carbocycles. The number of carbonyl (C=O) groups is 1. The second kappa shape index (κ2) is 10.4. The van der Waals surface area contributed by atoms with Crippen molar-refractivity contribution in [3.05, 3.63) is 47.7 Å². The van der Waals surface area contributed by atoms with E-state index in [-0.39, 0.29) is 18.2 Å². The predicted molar refractivity (Wildman–Crippen MR) is 133 cm³/mol. The van der Waals surface area contributed by atoms with Gasteiger partial charge in [-0.3, -0.25) is 0 Å². The Morgan fingerprint density at radius 1 is 1.12 bits per heavy atom. The fourth-order valence-electron chi connectivity index (χ4n) is 4.23. The number of morpholine rings is 1. The molecule has 2 saturated heterocycles. The summed E-state index contributed by atoms with van der Waals surface area (Å²) in [5, 5.41) is 5.90. The Bertz CT molecular complexity index is 907. The Morgan fingerprint density at radius 2 is 1.88 bits per heavy atom. The number of ether oxygens (including phenoxy) is 1. The third-order valence-corrected chi connectivity index (χ3v) is 6.78. The van der Waals surface area contributed by atoms with E-state index in [1.807, 2.05) is 43.1 Å². The molecule has 2 fully saturated rings. The fraction of sp³-hybridized carbons (Fsp3) is 0.500. The summed E-state index contributed by atoms with van der Waals surface area (Å²) < 4.78 is 5.79. The number of nitrogens with zero attached hydrogens (tertiary/aromatic N) is 3. The maximum Gasteiger partial charge on any atom is 0.319 e. The van der Waals surface area contributed by atoms with E-state index in [1.165, 1.54) is 17.2 Å². The van der Waals surface area contributed by atoms with Crippen LogP contribution >= 0.6 is 11.8 Å². The van der Waals surface area contributed by atoms with E-state index in [1.54, 1.807) is 0 Å². The van der Waals surface area contributed by atoms with Crippen LogP contribution in [0.15, 0.2) is 36.5 Å². The van der Waals surface area contributed by atoms with E-state index in [0.29, 0.717) is 6.54 Å². The number of anilines is 3. The number of rotatable bonds is 5. The van der Waals surface area contributed by atoms with Crippen molar-refractivity contribution in [1.29, 1.82) is 0 Å². The van der Waals surface area contributed by atoms with E-state index in [0.717, 1.165) is 48.8 Å². The number of nitrogens with one attached hydrogen (secondary N) is 2. The van der Waals surface area contributed by atoms with Gasteiger partial charge < -0.3 is 25.2 Å². The number of pyridine rings is 1. The molecular formula is C24H33N5O2S. The zero-order valence-electron chi connectivity index (χ0n) is 19.1. The van der Waals surface area contributed by atoms with Gasteiger partial charge in [0.2, 0.25) is 0 Å². The standard InChI is InChI=1S/C24H33N5O2S/c1-17-12-21(28-8-10-32-11-9-28)5-6-22(17)27-24(30)26-14-20-4-7-23(25-13-20)29-15-18(2)31-19(3)16-29/h4-7,12-13,18-19H,8-11,14-16H2,1-3H3,(H2,26,27,30). The van der Waals surface area contributed by atoms with Gasteiger partial charge >= 0.3 is 6.03 Å². The van der Waals surface area contributed by atoms with Gasteiger partial charge in [0, 0.05) is 61.8 Å². The molecular weight excluding hydrogens is 422 g/mol. The molecule has 1 aromatic heterocycles. The highest BCUT2D eigenvalue weighted by Gasteiger charge is 2.23. The molecule has 0 spiro atoms. The first-order valence-corrected chi connectivity index (χ1v) is 12.5. The lowest BCUT2D eigenvalue weighted by Crippen LogP contribution is -2.45. The third kappa shape index (κ3) is 5.86. The highest BCUT2D eigenvalue weighted by molar-refractivity contribution is 7.99. The molecule has 0 bridgehead atoms. The number of benzene rings is 1. The molecule has 3 heterocycles. The van der Waals surface area contributed by atoms with E-state index in [9.17, 15) is 4.79 Å². The van der Waals surface area contributed by atoms with Crippen LogP contribution < -0.4 is 20.4 Å². The topological polar surface area (TPSA) is 69.7 Å². The lowest BCUT2D eigenvalue weighted by molar-refractivity contribution is -0.00546. The van der Waals surface area contributed by atoms with E-state index >= 15 is 0 Å². The zero-order valence-corrected chi connectivity index (χ0v) is 20.0. The quantitative estimate of drug-likeness (QED) is 0.713. The van der Waals surface area contributed by atoms with Crippen LogP contribution in [0.1, 0.15) is 25.0 Å². The van der Waals surface area contributed by atoms with Crippen molar-refractivity contribution in [2.24, 2.45) is 0 Å². The van der Waals surface area contributed by atoms with Gasteiger partial charge in [0.05, 0.1) is 12.2 Å². The number of amides is 2. The summed E-state index contributed by atoms with van der Waals surface area (Å²) in [6.45, 7) is 10.5. The van der Waals surface area contributed by atoms with Crippen LogP contribution in [0.3, 0.4) is 0 Å². The van der Waals surface area contributed by atoms with Gasteiger partial charge in [-0.05, 0) is 56.2 Å². The lowest BCUT2D eigenvalue weighted by Gasteiger charge is -2.36. The molecule has 2 atom stereocenters. The Labute approximate surface area is 194 Å². The van der Waals surface area contributed by atoms with Crippen LogP contribution in [0.2, 0.25) is 0 Å². The van der Waals surface area contributed by atoms with Gasteiger partial charge in [-0.15, -0.1) is 0 Å². The second-order valence-electron chi connectivity index (χ2n) is 8.59. The van der Waals surface area contributed by atoms with Gasteiger partial charge in [-0.25, -0.2) is 9.78 Å². The average Bonchev–Trinajstić information content (AvgIpc) is 2.79. The molecule has 2 aliphatic rings. The summed E-state index contributed by atoms with van der Waals surface area (Å²) in [6, 6.07) is 10.1. The summed E-state index contributed by atoms with van der Waals surface area (Å²) in [6.07, 6.45) is 2.22. The smallest absolute Gasteiger partial charge is 0.319 e. The minimum Gasteiger partial charge on any atom is -0.372 e. The van der Waals surface area contributed by atoms with Crippen molar-refractivity contribution in [2.75, 3.05) is 52.8 Å². The summed E-state index contributed by atoms with van der Waals surface area (Å²) in [4.78, 5) is 21.7. The number of aryl methyl sites for hydroxylation is 1. The fourth-order valence-corrected chi connectivity index (χ4v) is 5.13. The van der Waals surface area contributed by atoms with Crippen molar-refractivity contribution in [3.63, 3.8) is 0 Å². The van der Waals surface area contributed by atoms with E-state index in [4.69, 9.17) is 4.74 Å². The molecule has 0 aliphatic carbocycles. The van der Waals surface area contributed by atoms with Crippen LogP contribution in [0.4, 0.5) is 22.0 Å². The predicted octanol–water partition coefficient (Wildman–Crippen LogP) is 3.88. The van der Waals surface area contributed by atoms with Gasteiger partial charge in [-0.2, -0.15) is 11.8 Å². The van der Waals surface area contributed by atoms with Gasteiger partial charge in [-0.1, -0.05) is 6.07 Å². The maximum atomic E-state index is 12.4. The van der Waals surface area contributed by atoms with Crippen molar-refractivity contribution < 1.29 is 9.53 Å². The van der Waals surface area contributed by atoms with Gasteiger partial charge in [0.15, 0.2) is 0 Å². The van der Waals surface area contributed by atoms with Gasteiger partial charge in [0.1, 0.15) is 5.82 Å². The third-order valence-electron chi connectivity index (χ3n) is 5.84. The molecule has 8 heteroatoms. The largest absolute Gasteiger partial charge is 0.372 e. The van der Waals surface area contributed by atoms with Gasteiger partial charge in [0.25, 0.3) is 0 Å². The Morgan fingerprint density at radius 3 is 2.53 bits per heavy atom. The summed E-state index contributed by atoms with van der Waals surface area (Å²) in [5.74, 6) is 3.28. The monoisotopic (exact) mass is 455 g/mol. The molecule has 0 saturated carbocycles. The second-order valence-corrected chi connectivity index (χ2v) is 9.82. The highest BCUT2D eigenvalue weighted by atomic mass is 32.2. The van der Waals surface area contributed by atoms with Crippen molar-refractivity contribution in [3.8, 4) is 0 Å². The SMILES string of the molecule is Cc1cc(N2CCSCC2)ccc1NC(=O)NCc1ccc(N2CC(C)OC(C)C2)nc1. The molecule has 2 aliphatic heterocycles. The summed E-state index contributed by atoms with van der Waals surface area (Å²) in [5.41, 5.74) is 4.09. The highest BCUT2D eigenvalue weighted by Crippen LogP contribution is 2.25. The van der Waals surface area contributed by atoms with Crippen LogP contribution in [-0.2, 0) is 11.3 Å². The molecule has 2 N–H and O–H groups in total. The molecule has 2 unspecified atom stereocenters. The first-order chi connectivity index (χ1) is 15.5. The molecule has 7 nitrogen and oxygen atoms in total. The Hall–Kier alpha value is -2.45. The first kappa shape index (κ1) is 22.7. The van der Waals surface area contributed by atoms with Crippen LogP contribution in [0.25, 0.3) is 0 Å². The number of hydrogen-bond acceptors (Lipinski definition) is 6. The molecule has 2 amide bonds. The summed E-state index contributed by atoms with van der Waals surface area (Å²) in [7, 11) is 0. The number of thioether (sulfide) groups is 1. The van der Waals surface area contributed by atoms with Crippen LogP contribution in [0.5, 0.6) is 0 Å². The van der Waals surface area contributed by atoms with Crippen molar-refractivity contribution in [1.82, 2.24) is 10.3 Å². The minimum atomic E-state index is -0.213. The van der Waals surface area contributed by atoms with Crippen molar-refractivity contribution in [2.45, 2.75) is 39.5 Å². The molecule has 172 valence electrons. The summed E-state index contributed by atoms with van der Waals surface area (Å²) >= 11 is 2.00. The number of aromatic nitrogens is 1. The zero-order chi connectivity index (χ0) is 22.5. The lowest BCUT2D eigenvalue weighted by atomic mass is 10.1.